The van der Waals surface area contributed by atoms with Gasteiger partial charge in [-0.2, -0.15) is 0 Å². The molecule has 29 heavy (non-hydrogen) atoms. The summed E-state index contributed by atoms with van der Waals surface area (Å²) in [4.78, 5) is 28.5. The molecule has 0 spiro atoms. The minimum Gasteiger partial charge on any atom is -0.349 e. The third-order valence-corrected chi connectivity index (χ3v) is 5.96. The van der Waals surface area contributed by atoms with Crippen LogP contribution in [0.3, 0.4) is 0 Å². The Morgan fingerprint density at radius 1 is 1.03 bits per heavy atom. The number of benzene rings is 2. The number of rotatable bonds is 4. The van der Waals surface area contributed by atoms with E-state index in [0.717, 1.165) is 23.9 Å². The highest BCUT2D eigenvalue weighted by Crippen LogP contribution is 2.18. The Balaban J connectivity index is 1.50. The van der Waals surface area contributed by atoms with Crippen molar-refractivity contribution in [2.45, 2.75) is 51.1 Å². The number of aromatic nitrogens is 2. The van der Waals surface area contributed by atoms with Gasteiger partial charge >= 0.3 is 0 Å². The molecular formula is C23H25N3O2S. The molecule has 3 aromatic rings. The van der Waals surface area contributed by atoms with Gasteiger partial charge in [0.2, 0.25) is 0 Å². The average molecular weight is 408 g/mol. The number of aromatic amines is 1. The predicted octanol–water partition coefficient (Wildman–Crippen LogP) is 4.56. The van der Waals surface area contributed by atoms with Crippen molar-refractivity contribution in [3.8, 4) is 0 Å². The molecule has 0 radical (unpaired) electrons. The van der Waals surface area contributed by atoms with E-state index in [4.69, 9.17) is 12.2 Å². The first kappa shape index (κ1) is 19.6. The minimum absolute atomic E-state index is 0.0244. The maximum atomic E-state index is 12.8. The van der Waals surface area contributed by atoms with Crippen LogP contribution in [0.1, 0.15) is 54.4 Å². The summed E-state index contributed by atoms with van der Waals surface area (Å²) in [6, 6.07) is 15.0. The van der Waals surface area contributed by atoms with Crippen molar-refractivity contribution < 1.29 is 4.79 Å². The quantitative estimate of drug-likeness (QED) is 0.492. The first-order valence-electron chi connectivity index (χ1n) is 10.2. The fourth-order valence-electron chi connectivity index (χ4n) is 3.98. The molecule has 150 valence electrons. The Morgan fingerprint density at radius 2 is 1.72 bits per heavy atom. The van der Waals surface area contributed by atoms with Crippen LogP contribution in [0.4, 0.5) is 0 Å². The second-order valence-corrected chi connectivity index (χ2v) is 8.11. The summed E-state index contributed by atoms with van der Waals surface area (Å²) in [5.74, 6) is -0.0244. The van der Waals surface area contributed by atoms with Crippen molar-refractivity contribution in [2.75, 3.05) is 0 Å². The number of nitrogens with zero attached hydrogens (tertiary/aromatic N) is 1. The molecule has 0 unspecified atom stereocenters. The Hall–Kier alpha value is -2.73. The molecule has 2 aromatic carbocycles. The van der Waals surface area contributed by atoms with Crippen LogP contribution in [0.15, 0.2) is 53.3 Å². The summed E-state index contributed by atoms with van der Waals surface area (Å²) in [6.45, 7) is 0.365. The molecule has 1 aliphatic carbocycles. The van der Waals surface area contributed by atoms with Crippen LogP contribution < -0.4 is 10.9 Å². The van der Waals surface area contributed by atoms with Crippen LogP contribution >= 0.6 is 12.2 Å². The summed E-state index contributed by atoms with van der Waals surface area (Å²) in [7, 11) is 0. The standard InChI is InChI=1S/C23H25N3O2S/c27-21(24-18-7-3-1-2-4-8-18)17-13-11-16(12-14-17)15-26-22(28)19-9-5-6-10-20(19)25-23(26)29/h5-6,9-14,18H,1-4,7-8,15H2,(H,24,27)(H,25,29). The van der Waals surface area contributed by atoms with Gasteiger partial charge in [-0.05, 0) is 54.9 Å². The van der Waals surface area contributed by atoms with Crippen LogP contribution in [0.25, 0.3) is 10.9 Å². The third kappa shape index (κ3) is 4.48. The monoisotopic (exact) mass is 407 g/mol. The van der Waals surface area contributed by atoms with Crippen molar-refractivity contribution in [2.24, 2.45) is 0 Å². The number of hydrogen-bond donors (Lipinski definition) is 2. The van der Waals surface area contributed by atoms with E-state index in [9.17, 15) is 9.59 Å². The van der Waals surface area contributed by atoms with E-state index in [1.807, 2.05) is 42.5 Å². The number of carbonyl (C=O) groups is 1. The Kier molecular flexibility index (Phi) is 5.90. The molecule has 2 N–H and O–H groups in total. The van der Waals surface area contributed by atoms with Crippen molar-refractivity contribution >= 4 is 29.0 Å². The Bertz CT molecular complexity index is 1120. The van der Waals surface area contributed by atoms with Crippen LogP contribution in [0, 0.1) is 4.77 Å². The molecule has 0 atom stereocenters. The third-order valence-electron chi connectivity index (χ3n) is 5.64. The molecule has 1 aromatic heterocycles. The smallest absolute Gasteiger partial charge is 0.262 e. The SMILES string of the molecule is O=C(NC1CCCCCC1)c1ccc(Cn2c(=S)[nH]c3ccccc3c2=O)cc1. The average Bonchev–Trinajstić information content (AvgIpc) is 3.00. The highest BCUT2D eigenvalue weighted by molar-refractivity contribution is 7.71. The van der Waals surface area contributed by atoms with E-state index in [1.54, 1.807) is 10.6 Å². The molecule has 1 amide bonds. The lowest BCUT2D eigenvalue weighted by atomic mass is 10.1. The zero-order valence-electron chi connectivity index (χ0n) is 16.3. The van der Waals surface area contributed by atoms with Crippen molar-refractivity contribution in [1.29, 1.82) is 0 Å². The van der Waals surface area contributed by atoms with Gasteiger partial charge in [0.15, 0.2) is 4.77 Å². The summed E-state index contributed by atoms with van der Waals surface area (Å²) >= 11 is 5.38. The summed E-state index contributed by atoms with van der Waals surface area (Å²) in [6.07, 6.45) is 7.02. The van der Waals surface area contributed by atoms with E-state index in [0.29, 0.717) is 22.3 Å². The number of fused-ring (bicyclic) bond motifs is 1. The molecule has 0 aliphatic heterocycles. The van der Waals surface area contributed by atoms with Gasteiger partial charge in [-0.25, -0.2) is 0 Å². The molecule has 6 heteroatoms. The lowest BCUT2D eigenvalue weighted by Gasteiger charge is -2.16. The molecule has 1 saturated carbocycles. The first-order chi connectivity index (χ1) is 14.1. The molecule has 5 nitrogen and oxygen atoms in total. The number of hydrogen-bond acceptors (Lipinski definition) is 3. The fraction of sp³-hybridized carbons (Fsp3) is 0.348. The second-order valence-electron chi connectivity index (χ2n) is 7.73. The Morgan fingerprint density at radius 3 is 2.45 bits per heavy atom. The minimum atomic E-state index is -0.112. The molecule has 1 aliphatic rings. The van der Waals surface area contributed by atoms with E-state index >= 15 is 0 Å². The largest absolute Gasteiger partial charge is 0.349 e. The van der Waals surface area contributed by atoms with Crippen LogP contribution in [0.5, 0.6) is 0 Å². The van der Waals surface area contributed by atoms with E-state index in [1.165, 1.54) is 25.7 Å². The maximum absolute atomic E-state index is 12.8. The van der Waals surface area contributed by atoms with E-state index in [-0.39, 0.29) is 17.5 Å². The number of amides is 1. The molecule has 1 heterocycles. The zero-order valence-corrected chi connectivity index (χ0v) is 17.1. The summed E-state index contributed by atoms with van der Waals surface area (Å²) in [5, 5.41) is 3.78. The first-order valence-corrected chi connectivity index (χ1v) is 10.6. The van der Waals surface area contributed by atoms with Gasteiger partial charge in [-0.3, -0.25) is 14.2 Å². The zero-order chi connectivity index (χ0) is 20.2. The van der Waals surface area contributed by atoms with Gasteiger partial charge in [0.25, 0.3) is 11.5 Å². The van der Waals surface area contributed by atoms with Crippen LogP contribution in [-0.2, 0) is 6.54 Å². The fourth-order valence-corrected chi connectivity index (χ4v) is 4.24. The number of H-pyrrole nitrogens is 1. The molecule has 0 saturated heterocycles. The van der Waals surface area contributed by atoms with Crippen molar-refractivity contribution in [1.82, 2.24) is 14.9 Å². The van der Waals surface area contributed by atoms with E-state index < -0.39 is 0 Å². The van der Waals surface area contributed by atoms with Crippen molar-refractivity contribution in [3.63, 3.8) is 0 Å². The summed E-state index contributed by atoms with van der Waals surface area (Å²) < 4.78 is 1.95. The highest BCUT2D eigenvalue weighted by atomic mass is 32.1. The molecule has 1 fully saturated rings. The predicted molar refractivity (Wildman–Crippen MR) is 118 cm³/mol. The molecule has 4 rings (SSSR count). The van der Waals surface area contributed by atoms with Crippen LogP contribution in [0.2, 0.25) is 0 Å². The maximum Gasteiger partial charge on any atom is 0.262 e. The van der Waals surface area contributed by atoms with Gasteiger partial charge in [0.1, 0.15) is 0 Å². The Labute approximate surface area is 174 Å². The second kappa shape index (κ2) is 8.74. The van der Waals surface area contributed by atoms with Gasteiger partial charge in [0, 0.05) is 11.6 Å². The number of nitrogens with one attached hydrogen (secondary N) is 2. The van der Waals surface area contributed by atoms with E-state index in [2.05, 4.69) is 10.3 Å². The number of carbonyl (C=O) groups excluding carboxylic acids is 1. The molecular weight excluding hydrogens is 382 g/mol. The van der Waals surface area contributed by atoms with Gasteiger partial charge in [0.05, 0.1) is 17.4 Å². The molecule has 0 bridgehead atoms. The van der Waals surface area contributed by atoms with Gasteiger partial charge in [-0.1, -0.05) is 49.9 Å². The highest BCUT2D eigenvalue weighted by Gasteiger charge is 2.15. The van der Waals surface area contributed by atoms with Crippen molar-refractivity contribution in [3.05, 3.63) is 74.8 Å². The topological polar surface area (TPSA) is 66.9 Å². The summed E-state index contributed by atoms with van der Waals surface area (Å²) in [5.41, 5.74) is 2.20. The number of para-hydroxylation sites is 1. The van der Waals surface area contributed by atoms with Gasteiger partial charge in [-0.15, -0.1) is 0 Å². The lowest BCUT2D eigenvalue weighted by molar-refractivity contribution is 0.0933. The van der Waals surface area contributed by atoms with Gasteiger partial charge < -0.3 is 10.3 Å². The van der Waals surface area contributed by atoms with Crippen LogP contribution in [-0.4, -0.2) is 21.5 Å². The lowest BCUT2D eigenvalue weighted by Crippen LogP contribution is -2.34. The normalized spacial score (nSPS) is 15.2.